The van der Waals surface area contributed by atoms with Crippen LogP contribution in [0.5, 0.6) is 0 Å². The number of aromatic nitrogens is 1. The number of anilines is 1. The summed E-state index contributed by atoms with van der Waals surface area (Å²) in [6.07, 6.45) is 0. The minimum Gasteiger partial charge on any atom is -0.465 e. The first-order valence-corrected chi connectivity index (χ1v) is 10.1. The molecule has 0 bridgehead atoms. The van der Waals surface area contributed by atoms with Crippen LogP contribution < -0.4 is 4.72 Å². The lowest BCUT2D eigenvalue weighted by Gasteiger charge is -2.09. The van der Waals surface area contributed by atoms with E-state index >= 15 is 0 Å². The molecule has 1 heterocycles. The Morgan fingerprint density at radius 3 is 2.44 bits per heavy atom. The molecule has 0 aliphatic rings. The molecule has 0 radical (unpaired) electrons. The zero-order valence-corrected chi connectivity index (χ0v) is 16.4. The van der Waals surface area contributed by atoms with Crippen molar-refractivity contribution >= 4 is 48.5 Å². The van der Waals surface area contributed by atoms with Crippen LogP contribution in [0.25, 0.3) is 10.2 Å². The fourth-order valence-corrected chi connectivity index (χ4v) is 4.92. The minimum atomic E-state index is -3.89. The number of rotatable bonds is 5. The Hall–Kier alpha value is -2.78. The molecule has 3 aromatic rings. The molecule has 0 aliphatic heterocycles. The predicted octanol–water partition coefficient (Wildman–Crippen LogP) is 3.39. The standard InChI is InChI=1S/C18H16N2O5S2/c1-10-8-13(17(22)25-3)5-7-16(10)27(23,24)20-18-19-14-6-4-12(11(2)21)9-15(14)26-18/h4-9H,1-3H3,(H,19,20). The van der Waals surface area contributed by atoms with Gasteiger partial charge in [0.1, 0.15) is 0 Å². The van der Waals surface area contributed by atoms with E-state index in [1.165, 1.54) is 32.2 Å². The van der Waals surface area contributed by atoms with E-state index in [1.54, 1.807) is 25.1 Å². The van der Waals surface area contributed by atoms with Crippen molar-refractivity contribution in [2.75, 3.05) is 11.8 Å². The van der Waals surface area contributed by atoms with Crippen LogP contribution in [0, 0.1) is 6.92 Å². The number of Topliss-reactive ketones (excluding diaryl/α,β-unsaturated/α-hetero) is 1. The number of carbonyl (C=O) groups excluding carboxylic acids is 2. The first kappa shape index (κ1) is 19.0. The number of hydrogen-bond donors (Lipinski definition) is 1. The molecule has 0 amide bonds. The second-order valence-corrected chi connectivity index (χ2v) is 8.52. The summed E-state index contributed by atoms with van der Waals surface area (Å²) in [5, 5.41) is 0.196. The molecule has 0 spiro atoms. The lowest BCUT2D eigenvalue weighted by molar-refractivity contribution is 0.0600. The van der Waals surface area contributed by atoms with E-state index in [0.717, 1.165) is 11.3 Å². The molecule has 140 valence electrons. The number of esters is 1. The highest BCUT2D eigenvalue weighted by Crippen LogP contribution is 2.29. The number of fused-ring (bicyclic) bond motifs is 1. The number of aryl methyl sites for hydroxylation is 1. The van der Waals surface area contributed by atoms with Crippen LogP contribution in [0.1, 0.15) is 33.2 Å². The maximum Gasteiger partial charge on any atom is 0.337 e. The minimum absolute atomic E-state index is 0.0406. The number of ether oxygens (including phenoxy) is 1. The highest BCUT2D eigenvalue weighted by molar-refractivity contribution is 7.93. The molecule has 2 aromatic carbocycles. The van der Waals surface area contributed by atoms with E-state index < -0.39 is 16.0 Å². The van der Waals surface area contributed by atoms with Crippen molar-refractivity contribution in [3.05, 3.63) is 53.1 Å². The van der Waals surface area contributed by atoms with Gasteiger partial charge in [-0.3, -0.25) is 9.52 Å². The third kappa shape index (κ3) is 3.83. The third-order valence-electron chi connectivity index (χ3n) is 3.90. The summed E-state index contributed by atoms with van der Waals surface area (Å²) in [5.74, 6) is -0.615. The number of nitrogens with one attached hydrogen (secondary N) is 1. The Morgan fingerprint density at radius 1 is 1.11 bits per heavy atom. The maximum atomic E-state index is 12.7. The molecule has 9 heteroatoms. The summed E-state index contributed by atoms with van der Waals surface area (Å²) >= 11 is 1.14. The van der Waals surface area contributed by atoms with Gasteiger partial charge < -0.3 is 4.74 Å². The third-order valence-corrected chi connectivity index (χ3v) is 6.46. The summed E-state index contributed by atoms with van der Waals surface area (Å²) in [6, 6.07) is 9.21. The fraction of sp³-hybridized carbons (Fsp3) is 0.167. The molecular formula is C18H16N2O5S2. The number of benzene rings is 2. The number of hydrogen-bond acceptors (Lipinski definition) is 7. The highest BCUT2D eigenvalue weighted by Gasteiger charge is 2.20. The van der Waals surface area contributed by atoms with Gasteiger partial charge in [-0.15, -0.1) is 0 Å². The van der Waals surface area contributed by atoms with Crippen molar-refractivity contribution in [2.45, 2.75) is 18.7 Å². The van der Waals surface area contributed by atoms with Gasteiger partial charge in [-0.1, -0.05) is 11.3 Å². The second kappa shape index (κ2) is 7.09. The van der Waals surface area contributed by atoms with Gasteiger partial charge in [-0.25, -0.2) is 18.2 Å². The number of methoxy groups -OCH3 is 1. The van der Waals surface area contributed by atoms with Crippen molar-refractivity contribution in [3.8, 4) is 0 Å². The van der Waals surface area contributed by atoms with Crippen LogP contribution in [0.3, 0.4) is 0 Å². The van der Waals surface area contributed by atoms with Crippen molar-refractivity contribution in [1.29, 1.82) is 0 Å². The Balaban J connectivity index is 1.93. The first-order valence-electron chi connectivity index (χ1n) is 7.84. The lowest BCUT2D eigenvalue weighted by Crippen LogP contribution is -2.14. The van der Waals surface area contributed by atoms with Crippen LogP contribution in [-0.4, -0.2) is 32.3 Å². The lowest BCUT2D eigenvalue weighted by atomic mass is 10.1. The second-order valence-electron chi connectivity index (χ2n) is 5.84. The van der Waals surface area contributed by atoms with E-state index in [1.807, 2.05) is 0 Å². The van der Waals surface area contributed by atoms with Crippen molar-refractivity contribution in [2.24, 2.45) is 0 Å². The molecule has 0 saturated carbocycles. The normalized spacial score (nSPS) is 11.4. The Kier molecular flexibility index (Phi) is 4.99. The van der Waals surface area contributed by atoms with Crippen molar-refractivity contribution in [3.63, 3.8) is 0 Å². The summed E-state index contributed by atoms with van der Waals surface area (Å²) in [6.45, 7) is 3.06. The largest absolute Gasteiger partial charge is 0.465 e. The fourth-order valence-electron chi connectivity index (χ4n) is 2.55. The number of ketones is 1. The van der Waals surface area contributed by atoms with Gasteiger partial charge in [0.2, 0.25) is 0 Å². The van der Waals surface area contributed by atoms with E-state index in [-0.39, 0.29) is 21.4 Å². The highest BCUT2D eigenvalue weighted by atomic mass is 32.2. The van der Waals surface area contributed by atoms with Crippen molar-refractivity contribution in [1.82, 2.24) is 4.98 Å². The summed E-state index contributed by atoms with van der Waals surface area (Å²) in [5.41, 5.74) is 1.81. The summed E-state index contributed by atoms with van der Waals surface area (Å²) in [7, 11) is -2.63. The van der Waals surface area contributed by atoms with Crippen LogP contribution >= 0.6 is 11.3 Å². The average molecular weight is 404 g/mol. The number of nitrogens with zero attached hydrogens (tertiary/aromatic N) is 1. The molecule has 1 aromatic heterocycles. The van der Waals surface area contributed by atoms with E-state index in [4.69, 9.17) is 0 Å². The molecule has 0 fully saturated rings. The number of carbonyl (C=O) groups is 2. The molecule has 1 N–H and O–H groups in total. The smallest absolute Gasteiger partial charge is 0.337 e. The molecule has 0 saturated heterocycles. The van der Waals surface area contributed by atoms with Gasteiger partial charge in [0.05, 0.1) is 27.8 Å². The van der Waals surface area contributed by atoms with E-state index in [9.17, 15) is 18.0 Å². The van der Waals surface area contributed by atoms with Crippen LogP contribution in [0.15, 0.2) is 41.3 Å². The van der Waals surface area contributed by atoms with Gasteiger partial charge in [0, 0.05) is 5.56 Å². The van der Waals surface area contributed by atoms with Gasteiger partial charge in [-0.05, 0) is 55.8 Å². The van der Waals surface area contributed by atoms with Crippen LogP contribution in [0.4, 0.5) is 5.13 Å². The Labute approximate surface area is 160 Å². The number of thiazole rings is 1. The molecule has 0 unspecified atom stereocenters. The summed E-state index contributed by atoms with van der Waals surface area (Å²) < 4.78 is 33.2. The zero-order chi connectivity index (χ0) is 19.8. The quantitative estimate of drug-likeness (QED) is 0.516. The van der Waals surface area contributed by atoms with Gasteiger partial charge in [0.25, 0.3) is 10.0 Å². The number of sulfonamides is 1. The molecular weight excluding hydrogens is 388 g/mol. The van der Waals surface area contributed by atoms with Crippen molar-refractivity contribution < 1.29 is 22.7 Å². The molecule has 7 nitrogen and oxygen atoms in total. The molecule has 0 aliphatic carbocycles. The van der Waals surface area contributed by atoms with E-state index in [2.05, 4.69) is 14.4 Å². The van der Waals surface area contributed by atoms with Crippen LogP contribution in [-0.2, 0) is 14.8 Å². The molecule has 27 heavy (non-hydrogen) atoms. The predicted molar refractivity (Wildman–Crippen MR) is 103 cm³/mol. The van der Waals surface area contributed by atoms with Crippen LogP contribution in [0.2, 0.25) is 0 Å². The van der Waals surface area contributed by atoms with Gasteiger partial charge in [-0.2, -0.15) is 0 Å². The topological polar surface area (TPSA) is 102 Å². The Morgan fingerprint density at radius 2 is 1.81 bits per heavy atom. The molecule has 0 atom stereocenters. The Bertz CT molecular complexity index is 1170. The average Bonchev–Trinajstić information content (AvgIpc) is 3.00. The van der Waals surface area contributed by atoms with Gasteiger partial charge in [0.15, 0.2) is 10.9 Å². The SMILES string of the molecule is COC(=O)c1ccc(S(=O)(=O)Nc2nc3ccc(C(C)=O)cc3s2)c(C)c1. The van der Waals surface area contributed by atoms with Gasteiger partial charge >= 0.3 is 5.97 Å². The first-order chi connectivity index (χ1) is 12.7. The molecule has 3 rings (SSSR count). The zero-order valence-electron chi connectivity index (χ0n) is 14.8. The monoisotopic (exact) mass is 404 g/mol. The summed E-state index contributed by atoms with van der Waals surface area (Å²) in [4.78, 5) is 27.4. The van der Waals surface area contributed by atoms with E-state index in [0.29, 0.717) is 21.3 Å². The maximum absolute atomic E-state index is 12.7.